The number of benzene rings is 1. The second-order valence-corrected chi connectivity index (χ2v) is 4.55. The summed E-state index contributed by atoms with van der Waals surface area (Å²) in [6.07, 6.45) is 4.13. The third kappa shape index (κ3) is 4.19. The first-order valence-electron chi connectivity index (χ1n) is 5.54. The third-order valence-corrected chi connectivity index (χ3v) is 3.26. The van der Waals surface area contributed by atoms with Crippen LogP contribution in [0.1, 0.15) is 19.8 Å². The Kier molecular flexibility index (Phi) is 5.86. The van der Waals surface area contributed by atoms with Crippen molar-refractivity contribution >= 4 is 17.4 Å². The molecule has 0 saturated heterocycles. The number of ether oxygens (including phenoxy) is 1. The first-order valence-corrected chi connectivity index (χ1v) is 6.52. The fraction of sp³-hybridized carbons (Fsp3) is 0.385. The zero-order chi connectivity index (χ0) is 11.8. The average Bonchev–Trinajstić information content (AvgIpc) is 2.29. The van der Waals surface area contributed by atoms with E-state index in [1.54, 1.807) is 11.8 Å². The summed E-state index contributed by atoms with van der Waals surface area (Å²) in [7, 11) is 0. The Morgan fingerprint density at radius 2 is 2.31 bits per heavy atom. The number of allylic oxidation sites excluding steroid dienone is 1. The van der Waals surface area contributed by atoms with Crippen LogP contribution in [-0.2, 0) is 0 Å². The molecule has 0 fully saturated rings. The highest BCUT2D eigenvalue weighted by Crippen LogP contribution is 2.29. The molecular weight excluding hydrogens is 218 g/mol. The lowest BCUT2D eigenvalue weighted by atomic mass is 10.3. The summed E-state index contributed by atoms with van der Waals surface area (Å²) >= 11 is 1.77. The standard InChI is InChI=1S/C13H19NOS/c1-3-5-6-9-16-13-10-11(15-4-2)7-8-12(13)14/h3,7-8,10H,1,4-6,9,14H2,2H3. The van der Waals surface area contributed by atoms with Gasteiger partial charge in [-0.3, -0.25) is 0 Å². The molecule has 0 spiro atoms. The molecule has 3 heteroatoms. The van der Waals surface area contributed by atoms with E-state index in [1.807, 2.05) is 31.2 Å². The van der Waals surface area contributed by atoms with E-state index >= 15 is 0 Å². The summed E-state index contributed by atoms with van der Waals surface area (Å²) in [6, 6.07) is 5.82. The highest BCUT2D eigenvalue weighted by molar-refractivity contribution is 7.99. The van der Waals surface area contributed by atoms with Gasteiger partial charge in [-0.2, -0.15) is 0 Å². The van der Waals surface area contributed by atoms with Crippen LogP contribution in [0.2, 0.25) is 0 Å². The first kappa shape index (κ1) is 13.0. The van der Waals surface area contributed by atoms with E-state index < -0.39 is 0 Å². The van der Waals surface area contributed by atoms with Crippen molar-refractivity contribution in [2.45, 2.75) is 24.7 Å². The molecule has 0 heterocycles. The second kappa shape index (κ2) is 7.23. The van der Waals surface area contributed by atoms with Crippen LogP contribution >= 0.6 is 11.8 Å². The third-order valence-electron chi connectivity index (χ3n) is 2.11. The highest BCUT2D eigenvalue weighted by atomic mass is 32.2. The maximum atomic E-state index is 5.90. The van der Waals surface area contributed by atoms with Gasteiger partial charge in [0.1, 0.15) is 5.75 Å². The van der Waals surface area contributed by atoms with E-state index in [1.165, 1.54) is 0 Å². The molecule has 0 aromatic heterocycles. The zero-order valence-corrected chi connectivity index (χ0v) is 10.6. The monoisotopic (exact) mass is 237 g/mol. The van der Waals surface area contributed by atoms with Gasteiger partial charge in [0, 0.05) is 10.6 Å². The molecule has 1 aromatic carbocycles. The van der Waals surface area contributed by atoms with Crippen molar-refractivity contribution in [3.05, 3.63) is 30.9 Å². The van der Waals surface area contributed by atoms with Crippen LogP contribution in [0, 0.1) is 0 Å². The number of rotatable bonds is 7. The van der Waals surface area contributed by atoms with E-state index in [4.69, 9.17) is 10.5 Å². The van der Waals surface area contributed by atoms with Gasteiger partial charge >= 0.3 is 0 Å². The Bertz CT molecular complexity index is 339. The van der Waals surface area contributed by atoms with Crippen molar-refractivity contribution in [2.75, 3.05) is 18.1 Å². The number of hydrogen-bond donors (Lipinski definition) is 1. The molecule has 2 N–H and O–H groups in total. The fourth-order valence-corrected chi connectivity index (χ4v) is 2.27. The number of nitrogens with two attached hydrogens (primary N) is 1. The molecular formula is C13H19NOS. The van der Waals surface area contributed by atoms with E-state index in [-0.39, 0.29) is 0 Å². The minimum absolute atomic E-state index is 0.685. The van der Waals surface area contributed by atoms with E-state index in [0.717, 1.165) is 34.9 Å². The Balaban J connectivity index is 2.55. The summed E-state index contributed by atoms with van der Waals surface area (Å²) in [5.41, 5.74) is 6.73. The quantitative estimate of drug-likeness (QED) is 0.340. The molecule has 0 radical (unpaired) electrons. The van der Waals surface area contributed by atoms with Gasteiger partial charge in [-0.05, 0) is 43.7 Å². The number of unbranched alkanes of at least 4 members (excludes halogenated alkanes) is 1. The molecule has 0 aliphatic rings. The summed E-state index contributed by atoms with van der Waals surface area (Å²) in [5, 5.41) is 0. The van der Waals surface area contributed by atoms with Crippen LogP contribution in [-0.4, -0.2) is 12.4 Å². The summed E-state index contributed by atoms with van der Waals surface area (Å²) < 4.78 is 5.44. The lowest BCUT2D eigenvalue weighted by molar-refractivity contribution is 0.339. The molecule has 1 rings (SSSR count). The normalized spacial score (nSPS) is 10.1. The van der Waals surface area contributed by atoms with Crippen molar-refractivity contribution < 1.29 is 4.74 Å². The lowest BCUT2D eigenvalue weighted by Crippen LogP contribution is -1.94. The summed E-state index contributed by atoms with van der Waals surface area (Å²) in [4.78, 5) is 1.11. The van der Waals surface area contributed by atoms with Gasteiger partial charge in [0.25, 0.3) is 0 Å². The van der Waals surface area contributed by atoms with Gasteiger partial charge in [0.2, 0.25) is 0 Å². The minimum atomic E-state index is 0.685. The van der Waals surface area contributed by atoms with Gasteiger partial charge in [-0.15, -0.1) is 18.3 Å². The summed E-state index contributed by atoms with van der Waals surface area (Å²) in [6.45, 7) is 6.37. The zero-order valence-electron chi connectivity index (χ0n) is 9.74. The maximum Gasteiger partial charge on any atom is 0.120 e. The Morgan fingerprint density at radius 1 is 1.50 bits per heavy atom. The SMILES string of the molecule is C=CCCCSc1cc(OCC)ccc1N. The van der Waals surface area contributed by atoms with Gasteiger partial charge in [-0.1, -0.05) is 6.08 Å². The molecule has 0 bridgehead atoms. The van der Waals surface area contributed by atoms with E-state index in [0.29, 0.717) is 6.61 Å². The first-order chi connectivity index (χ1) is 7.77. The minimum Gasteiger partial charge on any atom is -0.494 e. The Labute approximate surface area is 102 Å². The topological polar surface area (TPSA) is 35.2 Å². The molecule has 0 atom stereocenters. The molecule has 88 valence electrons. The van der Waals surface area contributed by atoms with Crippen LogP contribution in [0.3, 0.4) is 0 Å². The number of hydrogen-bond acceptors (Lipinski definition) is 3. The largest absolute Gasteiger partial charge is 0.494 e. The van der Waals surface area contributed by atoms with Crippen LogP contribution in [0.15, 0.2) is 35.7 Å². The van der Waals surface area contributed by atoms with E-state index in [2.05, 4.69) is 6.58 Å². The fourth-order valence-electron chi connectivity index (χ4n) is 1.31. The van der Waals surface area contributed by atoms with Crippen molar-refractivity contribution in [3.8, 4) is 5.75 Å². The molecule has 0 saturated carbocycles. The van der Waals surface area contributed by atoms with Gasteiger partial charge in [-0.25, -0.2) is 0 Å². The molecule has 0 aliphatic carbocycles. The van der Waals surface area contributed by atoms with Gasteiger partial charge in [0.05, 0.1) is 6.61 Å². The van der Waals surface area contributed by atoms with Crippen molar-refractivity contribution in [2.24, 2.45) is 0 Å². The molecule has 0 aliphatic heterocycles. The number of nitrogen functional groups attached to an aromatic ring is 1. The average molecular weight is 237 g/mol. The number of thioether (sulfide) groups is 1. The molecule has 1 aromatic rings. The molecule has 16 heavy (non-hydrogen) atoms. The van der Waals surface area contributed by atoms with Crippen LogP contribution in [0.4, 0.5) is 5.69 Å². The Morgan fingerprint density at radius 3 is 3.00 bits per heavy atom. The molecule has 0 unspecified atom stereocenters. The van der Waals surface area contributed by atoms with Gasteiger partial charge in [0.15, 0.2) is 0 Å². The van der Waals surface area contributed by atoms with Crippen LogP contribution in [0.5, 0.6) is 5.75 Å². The number of anilines is 1. The smallest absolute Gasteiger partial charge is 0.120 e. The predicted molar refractivity (Wildman–Crippen MR) is 72.2 cm³/mol. The van der Waals surface area contributed by atoms with Gasteiger partial charge < -0.3 is 10.5 Å². The Hall–Kier alpha value is -1.09. The highest BCUT2D eigenvalue weighted by Gasteiger charge is 2.02. The van der Waals surface area contributed by atoms with Crippen LogP contribution in [0.25, 0.3) is 0 Å². The maximum absolute atomic E-state index is 5.90. The molecule has 0 amide bonds. The summed E-state index contributed by atoms with van der Waals surface area (Å²) in [5.74, 6) is 1.95. The molecule has 2 nitrogen and oxygen atoms in total. The predicted octanol–water partition coefficient (Wildman–Crippen LogP) is 3.73. The van der Waals surface area contributed by atoms with E-state index in [9.17, 15) is 0 Å². The second-order valence-electron chi connectivity index (χ2n) is 3.41. The lowest BCUT2D eigenvalue weighted by Gasteiger charge is -2.08. The van der Waals surface area contributed by atoms with Crippen molar-refractivity contribution in [1.82, 2.24) is 0 Å². The van der Waals surface area contributed by atoms with Crippen molar-refractivity contribution in [1.29, 1.82) is 0 Å². The van der Waals surface area contributed by atoms with Crippen LogP contribution < -0.4 is 10.5 Å². The van der Waals surface area contributed by atoms with Crippen molar-refractivity contribution in [3.63, 3.8) is 0 Å².